The van der Waals surface area contributed by atoms with E-state index in [1.165, 1.54) is 25.0 Å². The van der Waals surface area contributed by atoms with Crippen molar-refractivity contribution in [2.45, 2.75) is 65.5 Å². The monoisotopic (exact) mass is 307 g/mol. The van der Waals surface area contributed by atoms with Gasteiger partial charge in [-0.05, 0) is 45.4 Å². The molecule has 124 valence electrons. The van der Waals surface area contributed by atoms with Gasteiger partial charge in [0, 0.05) is 31.4 Å². The number of carbonyl (C=O) groups is 1. The number of ether oxygens (including phenoxy) is 1. The molecule has 0 radical (unpaired) electrons. The van der Waals surface area contributed by atoms with Gasteiger partial charge in [-0.1, -0.05) is 13.3 Å². The second kappa shape index (κ2) is 7.16. The summed E-state index contributed by atoms with van der Waals surface area (Å²) >= 11 is 0. The molecule has 1 aliphatic carbocycles. The topological polar surface area (TPSA) is 56.2 Å². The number of imidazole rings is 1. The van der Waals surface area contributed by atoms with E-state index in [1.807, 2.05) is 33.3 Å². The molecule has 1 N–H and O–H groups in total. The maximum atomic E-state index is 11.6. The summed E-state index contributed by atoms with van der Waals surface area (Å²) < 4.78 is 7.47. The lowest BCUT2D eigenvalue weighted by molar-refractivity contribution is 0.0528. The van der Waals surface area contributed by atoms with Crippen molar-refractivity contribution in [1.29, 1.82) is 0 Å². The summed E-state index contributed by atoms with van der Waals surface area (Å²) in [5.74, 6) is 1.62. The molecule has 2 rings (SSSR count). The van der Waals surface area contributed by atoms with E-state index in [9.17, 15) is 4.79 Å². The molecular weight excluding hydrogens is 278 g/mol. The van der Waals surface area contributed by atoms with Crippen molar-refractivity contribution in [2.24, 2.45) is 11.8 Å². The Hall–Kier alpha value is -1.52. The zero-order valence-electron chi connectivity index (χ0n) is 14.3. The van der Waals surface area contributed by atoms with Crippen LogP contribution in [0.5, 0.6) is 0 Å². The van der Waals surface area contributed by atoms with Gasteiger partial charge in [-0.3, -0.25) is 0 Å². The fraction of sp³-hybridized carbons (Fsp3) is 0.765. The van der Waals surface area contributed by atoms with Crippen LogP contribution in [0.15, 0.2) is 12.5 Å². The van der Waals surface area contributed by atoms with Gasteiger partial charge >= 0.3 is 6.09 Å². The molecule has 5 nitrogen and oxygen atoms in total. The van der Waals surface area contributed by atoms with Gasteiger partial charge in [0.2, 0.25) is 0 Å². The maximum absolute atomic E-state index is 11.6. The number of amides is 1. The third-order valence-corrected chi connectivity index (χ3v) is 4.11. The number of nitrogens with zero attached hydrogens (tertiary/aromatic N) is 2. The molecular formula is C17H29N3O2. The van der Waals surface area contributed by atoms with Gasteiger partial charge < -0.3 is 14.6 Å². The largest absolute Gasteiger partial charge is 0.444 e. The van der Waals surface area contributed by atoms with E-state index in [2.05, 4.69) is 21.8 Å². The van der Waals surface area contributed by atoms with Crippen molar-refractivity contribution < 1.29 is 9.53 Å². The van der Waals surface area contributed by atoms with Crippen molar-refractivity contribution in [3.63, 3.8) is 0 Å². The second-order valence-electron chi connectivity index (χ2n) is 7.50. The zero-order chi connectivity index (χ0) is 16.2. The SMILES string of the molecule is CC1CCC(Cn2cncc2CCNC(=O)OC(C)(C)C)C1. The van der Waals surface area contributed by atoms with E-state index in [0.29, 0.717) is 6.54 Å². The van der Waals surface area contributed by atoms with Crippen LogP contribution in [-0.4, -0.2) is 27.8 Å². The first-order valence-corrected chi connectivity index (χ1v) is 8.29. The predicted octanol–water partition coefficient (Wildman–Crippen LogP) is 3.39. The van der Waals surface area contributed by atoms with Crippen LogP contribution in [0.3, 0.4) is 0 Å². The summed E-state index contributed by atoms with van der Waals surface area (Å²) in [6.07, 6.45) is 8.20. The van der Waals surface area contributed by atoms with Crippen LogP contribution in [0.25, 0.3) is 0 Å². The number of carbonyl (C=O) groups excluding carboxylic acids is 1. The summed E-state index contributed by atoms with van der Waals surface area (Å²) in [5.41, 5.74) is 0.723. The van der Waals surface area contributed by atoms with Gasteiger partial charge in [0.1, 0.15) is 5.60 Å². The van der Waals surface area contributed by atoms with Crippen molar-refractivity contribution in [3.8, 4) is 0 Å². The molecule has 1 fully saturated rings. The van der Waals surface area contributed by atoms with Crippen molar-refractivity contribution in [1.82, 2.24) is 14.9 Å². The van der Waals surface area contributed by atoms with Crippen LogP contribution < -0.4 is 5.32 Å². The van der Waals surface area contributed by atoms with Gasteiger partial charge in [0.15, 0.2) is 0 Å². The first kappa shape index (κ1) is 16.8. The summed E-state index contributed by atoms with van der Waals surface area (Å²) in [6, 6.07) is 0. The highest BCUT2D eigenvalue weighted by Crippen LogP contribution is 2.31. The van der Waals surface area contributed by atoms with Gasteiger partial charge in [-0.2, -0.15) is 0 Å². The van der Waals surface area contributed by atoms with Crippen LogP contribution >= 0.6 is 0 Å². The van der Waals surface area contributed by atoms with Gasteiger partial charge in [-0.15, -0.1) is 0 Å². The van der Waals surface area contributed by atoms with Crippen LogP contribution in [0, 0.1) is 11.8 Å². The fourth-order valence-corrected chi connectivity index (χ4v) is 3.10. The van der Waals surface area contributed by atoms with Gasteiger partial charge in [-0.25, -0.2) is 9.78 Å². The molecule has 22 heavy (non-hydrogen) atoms. The Morgan fingerprint density at radius 3 is 2.86 bits per heavy atom. The minimum Gasteiger partial charge on any atom is -0.444 e. The third kappa shape index (κ3) is 5.35. The van der Waals surface area contributed by atoms with Crippen molar-refractivity contribution in [3.05, 3.63) is 18.2 Å². The van der Waals surface area contributed by atoms with E-state index in [4.69, 9.17) is 4.74 Å². The van der Waals surface area contributed by atoms with Crippen molar-refractivity contribution in [2.75, 3.05) is 6.54 Å². The summed E-state index contributed by atoms with van der Waals surface area (Å²) in [6.45, 7) is 9.55. The normalized spacial score (nSPS) is 21.8. The summed E-state index contributed by atoms with van der Waals surface area (Å²) in [7, 11) is 0. The van der Waals surface area contributed by atoms with E-state index < -0.39 is 5.60 Å². The molecule has 2 atom stereocenters. The minimum absolute atomic E-state index is 0.358. The quantitative estimate of drug-likeness (QED) is 0.907. The molecule has 1 heterocycles. The van der Waals surface area contributed by atoms with E-state index in [1.54, 1.807) is 0 Å². The van der Waals surface area contributed by atoms with Crippen molar-refractivity contribution >= 4 is 6.09 Å². The number of hydrogen-bond acceptors (Lipinski definition) is 3. The minimum atomic E-state index is -0.453. The van der Waals surface area contributed by atoms with E-state index in [0.717, 1.165) is 24.8 Å². The molecule has 0 saturated heterocycles. The molecule has 0 aromatic carbocycles. The smallest absolute Gasteiger partial charge is 0.407 e. The van der Waals surface area contributed by atoms with Crippen LogP contribution in [0.4, 0.5) is 4.79 Å². The first-order valence-electron chi connectivity index (χ1n) is 8.29. The molecule has 0 aliphatic heterocycles. The Morgan fingerprint density at radius 1 is 1.45 bits per heavy atom. The van der Waals surface area contributed by atoms with Crippen LogP contribution in [0.1, 0.15) is 52.7 Å². The molecule has 2 unspecified atom stereocenters. The number of alkyl carbamates (subject to hydrolysis) is 1. The zero-order valence-corrected chi connectivity index (χ0v) is 14.3. The Labute approximate surface area is 133 Å². The average Bonchev–Trinajstić information content (AvgIpc) is 2.98. The van der Waals surface area contributed by atoms with E-state index >= 15 is 0 Å². The Morgan fingerprint density at radius 2 is 2.23 bits per heavy atom. The highest BCUT2D eigenvalue weighted by molar-refractivity contribution is 5.67. The Kier molecular flexibility index (Phi) is 5.48. The van der Waals surface area contributed by atoms with Gasteiger partial charge in [0.05, 0.1) is 6.33 Å². The Balaban J connectivity index is 1.77. The predicted molar refractivity (Wildman–Crippen MR) is 86.7 cm³/mol. The molecule has 1 aromatic heterocycles. The second-order valence-corrected chi connectivity index (χ2v) is 7.50. The standard InChI is InChI=1S/C17H29N3O2/c1-13-5-6-14(9-13)11-20-12-18-10-15(20)7-8-19-16(21)22-17(2,3)4/h10,12-14H,5-9,11H2,1-4H3,(H,19,21). The molecule has 1 saturated carbocycles. The Bertz CT molecular complexity index is 490. The first-order chi connectivity index (χ1) is 10.3. The lowest BCUT2D eigenvalue weighted by Crippen LogP contribution is -2.33. The average molecular weight is 307 g/mol. The summed E-state index contributed by atoms with van der Waals surface area (Å²) in [5, 5.41) is 2.80. The third-order valence-electron chi connectivity index (χ3n) is 4.11. The van der Waals surface area contributed by atoms with Crippen LogP contribution in [-0.2, 0) is 17.7 Å². The van der Waals surface area contributed by atoms with Crippen LogP contribution in [0.2, 0.25) is 0 Å². The molecule has 1 aliphatic rings. The molecule has 5 heteroatoms. The summed E-state index contributed by atoms with van der Waals surface area (Å²) in [4.78, 5) is 15.9. The molecule has 1 amide bonds. The number of hydrogen-bond donors (Lipinski definition) is 1. The number of nitrogens with one attached hydrogen (secondary N) is 1. The number of rotatable bonds is 5. The maximum Gasteiger partial charge on any atom is 0.407 e. The fourth-order valence-electron chi connectivity index (χ4n) is 3.10. The highest BCUT2D eigenvalue weighted by Gasteiger charge is 2.22. The lowest BCUT2D eigenvalue weighted by Gasteiger charge is -2.19. The molecule has 0 spiro atoms. The highest BCUT2D eigenvalue weighted by atomic mass is 16.6. The molecule has 0 bridgehead atoms. The number of aromatic nitrogens is 2. The van der Waals surface area contributed by atoms with Gasteiger partial charge in [0.25, 0.3) is 0 Å². The lowest BCUT2D eigenvalue weighted by atomic mass is 10.1. The van der Waals surface area contributed by atoms with E-state index in [-0.39, 0.29) is 6.09 Å². The molecule has 1 aromatic rings.